The Morgan fingerprint density at radius 3 is 2.17 bits per heavy atom. The van der Waals surface area contributed by atoms with Crippen molar-refractivity contribution in [1.29, 1.82) is 0 Å². The molecule has 0 atom stereocenters. The Balaban J connectivity index is 2.18. The van der Waals surface area contributed by atoms with Gasteiger partial charge in [0, 0.05) is 0 Å². The number of hydrogen-bond acceptors (Lipinski definition) is 5. The summed E-state index contributed by atoms with van der Waals surface area (Å²) in [5, 5.41) is 35.1. The molecule has 0 fully saturated rings. The van der Waals surface area contributed by atoms with Crippen LogP contribution in [0.3, 0.4) is 0 Å². The van der Waals surface area contributed by atoms with Crippen LogP contribution in [0.25, 0.3) is 0 Å². The SMILES string of the molecule is OB(O)c1cccc(/N=N/c2ccc(O)cc2)c1. The molecule has 0 aliphatic carbocycles. The van der Waals surface area contributed by atoms with E-state index in [1.165, 1.54) is 18.2 Å². The number of nitrogens with zero attached hydrogens (tertiary/aromatic N) is 2. The van der Waals surface area contributed by atoms with Crippen molar-refractivity contribution in [2.24, 2.45) is 10.2 Å². The Hall–Kier alpha value is -2.18. The first-order valence-electron chi connectivity index (χ1n) is 5.32. The standard InChI is InChI=1S/C12H11BN2O3/c16-12-6-4-10(5-7-12)14-15-11-3-1-2-9(8-11)13(17)18/h1-8,16-18H/b15-14+. The van der Waals surface area contributed by atoms with E-state index in [1.807, 2.05) is 0 Å². The van der Waals surface area contributed by atoms with Gasteiger partial charge < -0.3 is 15.2 Å². The van der Waals surface area contributed by atoms with Gasteiger partial charge in [-0.3, -0.25) is 0 Å². The summed E-state index contributed by atoms with van der Waals surface area (Å²) in [5.41, 5.74) is 1.48. The van der Waals surface area contributed by atoms with Gasteiger partial charge >= 0.3 is 7.12 Å². The molecule has 0 unspecified atom stereocenters. The van der Waals surface area contributed by atoms with Crippen molar-refractivity contribution in [3.63, 3.8) is 0 Å². The van der Waals surface area contributed by atoms with Crippen molar-refractivity contribution in [1.82, 2.24) is 0 Å². The van der Waals surface area contributed by atoms with Crippen molar-refractivity contribution in [2.75, 3.05) is 0 Å². The van der Waals surface area contributed by atoms with Gasteiger partial charge in [-0.2, -0.15) is 10.2 Å². The van der Waals surface area contributed by atoms with Crippen LogP contribution in [0, 0.1) is 0 Å². The van der Waals surface area contributed by atoms with Crippen molar-refractivity contribution in [2.45, 2.75) is 0 Å². The van der Waals surface area contributed by atoms with E-state index in [0.29, 0.717) is 16.8 Å². The number of azo groups is 1. The van der Waals surface area contributed by atoms with E-state index < -0.39 is 7.12 Å². The van der Waals surface area contributed by atoms with E-state index in [9.17, 15) is 0 Å². The molecule has 0 aromatic heterocycles. The van der Waals surface area contributed by atoms with Crippen LogP contribution in [-0.2, 0) is 0 Å². The predicted molar refractivity (Wildman–Crippen MR) is 68.6 cm³/mol. The zero-order valence-electron chi connectivity index (χ0n) is 9.43. The Morgan fingerprint density at radius 1 is 0.833 bits per heavy atom. The number of benzene rings is 2. The van der Waals surface area contributed by atoms with Gasteiger partial charge in [-0.1, -0.05) is 12.1 Å². The molecule has 90 valence electrons. The van der Waals surface area contributed by atoms with Crippen LogP contribution in [-0.4, -0.2) is 22.3 Å². The second-order valence-corrected chi connectivity index (χ2v) is 3.69. The summed E-state index contributed by atoms with van der Waals surface area (Å²) in [6, 6.07) is 12.8. The average Bonchev–Trinajstić information content (AvgIpc) is 2.38. The minimum Gasteiger partial charge on any atom is -0.508 e. The lowest BCUT2D eigenvalue weighted by Crippen LogP contribution is -2.29. The van der Waals surface area contributed by atoms with E-state index >= 15 is 0 Å². The average molecular weight is 242 g/mol. The molecular formula is C12H11BN2O3. The fourth-order valence-corrected chi connectivity index (χ4v) is 1.38. The molecule has 2 aromatic rings. The molecule has 0 aliphatic heterocycles. The fourth-order valence-electron chi connectivity index (χ4n) is 1.38. The molecule has 0 aliphatic rings. The summed E-state index contributed by atoms with van der Waals surface area (Å²) in [6.07, 6.45) is 0. The van der Waals surface area contributed by atoms with E-state index in [0.717, 1.165) is 0 Å². The number of rotatable bonds is 3. The molecule has 0 spiro atoms. The quantitative estimate of drug-likeness (QED) is 0.562. The summed E-state index contributed by atoms with van der Waals surface area (Å²) >= 11 is 0. The molecule has 18 heavy (non-hydrogen) atoms. The highest BCUT2D eigenvalue weighted by Gasteiger charge is 2.10. The fraction of sp³-hybridized carbons (Fsp3) is 0. The number of phenols is 1. The lowest BCUT2D eigenvalue weighted by molar-refractivity contribution is 0.426. The number of phenolic OH excluding ortho intramolecular Hbond substituents is 1. The molecule has 6 heteroatoms. The maximum atomic E-state index is 9.11. The third-order valence-corrected chi connectivity index (χ3v) is 2.30. The highest BCUT2D eigenvalue weighted by Crippen LogP contribution is 2.19. The molecule has 0 saturated heterocycles. The summed E-state index contributed by atoms with van der Waals surface area (Å²) in [4.78, 5) is 0. The molecule has 0 radical (unpaired) electrons. The summed E-state index contributed by atoms with van der Waals surface area (Å²) < 4.78 is 0. The summed E-state index contributed by atoms with van der Waals surface area (Å²) in [7, 11) is -1.52. The molecule has 2 aromatic carbocycles. The first kappa shape index (κ1) is 12.3. The Kier molecular flexibility index (Phi) is 3.71. The van der Waals surface area contributed by atoms with Gasteiger partial charge in [0.05, 0.1) is 11.4 Å². The summed E-state index contributed by atoms with van der Waals surface area (Å²) in [5.74, 6) is 0.166. The lowest BCUT2D eigenvalue weighted by Gasteiger charge is -1.99. The predicted octanol–water partition coefficient (Wildman–Crippen LogP) is 1.49. The Bertz CT molecular complexity index is 556. The van der Waals surface area contributed by atoms with Crippen molar-refractivity contribution in [3.8, 4) is 5.75 Å². The van der Waals surface area contributed by atoms with E-state index in [4.69, 9.17) is 15.2 Å². The van der Waals surface area contributed by atoms with Crippen molar-refractivity contribution < 1.29 is 15.2 Å². The highest BCUT2D eigenvalue weighted by atomic mass is 16.4. The zero-order valence-corrected chi connectivity index (χ0v) is 9.43. The minimum atomic E-state index is -1.52. The van der Waals surface area contributed by atoms with Crippen LogP contribution in [0.15, 0.2) is 58.8 Å². The third kappa shape index (κ3) is 3.16. The topological polar surface area (TPSA) is 85.4 Å². The molecule has 3 N–H and O–H groups in total. The van der Waals surface area contributed by atoms with Gasteiger partial charge in [0.1, 0.15) is 5.75 Å². The summed E-state index contributed by atoms with van der Waals surface area (Å²) in [6.45, 7) is 0. The van der Waals surface area contributed by atoms with Crippen LogP contribution in [0.2, 0.25) is 0 Å². The van der Waals surface area contributed by atoms with Crippen LogP contribution in [0.4, 0.5) is 11.4 Å². The van der Waals surface area contributed by atoms with Gasteiger partial charge in [0.15, 0.2) is 0 Å². The molecule has 0 saturated carbocycles. The molecule has 5 nitrogen and oxygen atoms in total. The van der Waals surface area contributed by atoms with E-state index in [1.54, 1.807) is 30.3 Å². The minimum absolute atomic E-state index is 0.166. The first-order chi connectivity index (χ1) is 8.65. The van der Waals surface area contributed by atoms with E-state index in [-0.39, 0.29) is 5.75 Å². The number of aromatic hydroxyl groups is 1. The van der Waals surface area contributed by atoms with Crippen molar-refractivity contribution >= 4 is 24.0 Å². The highest BCUT2D eigenvalue weighted by molar-refractivity contribution is 6.58. The molecule has 0 amide bonds. The van der Waals surface area contributed by atoms with Crippen LogP contribution in [0.5, 0.6) is 5.75 Å². The molecule has 0 bridgehead atoms. The van der Waals surface area contributed by atoms with Gasteiger partial charge in [0.2, 0.25) is 0 Å². The van der Waals surface area contributed by atoms with Gasteiger partial charge in [0.25, 0.3) is 0 Å². The van der Waals surface area contributed by atoms with Crippen LogP contribution < -0.4 is 5.46 Å². The molecule has 0 heterocycles. The smallest absolute Gasteiger partial charge is 0.488 e. The second kappa shape index (κ2) is 5.44. The van der Waals surface area contributed by atoms with Crippen LogP contribution in [0.1, 0.15) is 0 Å². The van der Waals surface area contributed by atoms with Gasteiger partial charge in [-0.25, -0.2) is 0 Å². The van der Waals surface area contributed by atoms with Gasteiger partial charge in [-0.15, -0.1) is 0 Å². The van der Waals surface area contributed by atoms with Gasteiger partial charge in [-0.05, 0) is 41.9 Å². The second-order valence-electron chi connectivity index (χ2n) is 3.69. The monoisotopic (exact) mass is 242 g/mol. The van der Waals surface area contributed by atoms with E-state index in [2.05, 4.69) is 10.2 Å². The maximum Gasteiger partial charge on any atom is 0.488 e. The normalized spacial score (nSPS) is 10.8. The third-order valence-electron chi connectivity index (χ3n) is 2.30. The number of hydrogen-bond donors (Lipinski definition) is 3. The first-order valence-corrected chi connectivity index (χ1v) is 5.32. The Labute approximate surface area is 104 Å². The largest absolute Gasteiger partial charge is 0.508 e. The lowest BCUT2D eigenvalue weighted by atomic mass is 9.80. The zero-order chi connectivity index (χ0) is 13.0. The van der Waals surface area contributed by atoms with Crippen molar-refractivity contribution in [3.05, 3.63) is 48.5 Å². The molecular weight excluding hydrogens is 231 g/mol. The van der Waals surface area contributed by atoms with Crippen LogP contribution >= 0.6 is 0 Å². The molecule has 2 rings (SSSR count). The maximum absolute atomic E-state index is 9.11. The Morgan fingerprint density at radius 2 is 1.50 bits per heavy atom.